The number of benzene rings is 8. The molecular weight excluding hydrogens is 617 g/mol. The van der Waals surface area contributed by atoms with Gasteiger partial charge >= 0.3 is 0 Å². The molecule has 0 unspecified atom stereocenters. The summed E-state index contributed by atoms with van der Waals surface area (Å²) < 4.78 is 70.8. The summed E-state index contributed by atoms with van der Waals surface area (Å²) in [5, 5.41) is 4.25. The smallest absolute Gasteiger partial charge is 0.0645 e. The number of para-hydroxylation sites is 3. The van der Waals surface area contributed by atoms with Crippen LogP contribution in [-0.4, -0.2) is 4.57 Å². The van der Waals surface area contributed by atoms with Crippen molar-refractivity contribution in [2.24, 2.45) is 0 Å². The number of aromatic nitrogens is 1. The molecule has 2 heteroatoms. The van der Waals surface area contributed by atoms with E-state index in [0.717, 1.165) is 55.3 Å². The number of hydrogen-bond donors (Lipinski definition) is 0. The molecule has 0 radical (unpaired) electrons. The fraction of sp³-hybridized carbons (Fsp3) is 0.102. The Morgan fingerprint density at radius 2 is 1.10 bits per heavy atom. The van der Waals surface area contributed by atoms with Gasteiger partial charge in [-0.1, -0.05) is 99.5 Å². The molecule has 51 heavy (non-hydrogen) atoms. The SMILES string of the molecule is [2H]c1c([2H])c([2H])c2c(c1[2H])c1c([2H])c([2H])c([2H])c([2H])c1n2-c1ccc2cc3c(cc2c1)-c1cc2cc(N(c4ccccc4)c4cc(C(C)(C)C)ccc4C)ccc2cc1-3. The normalized spacial score (nSPS) is 14.5. The van der Waals surface area contributed by atoms with Crippen LogP contribution in [0.2, 0.25) is 0 Å². The van der Waals surface area contributed by atoms with Crippen molar-refractivity contribution in [3.63, 3.8) is 0 Å². The lowest BCUT2D eigenvalue weighted by Gasteiger charge is -2.30. The third kappa shape index (κ3) is 4.63. The highest BCUT2D eigenvalue weighted by Crippen LogP contribution is 2.51. The number of fused-ring (bicyclic) bond motifs is 9. The lowest BCUT2D eigenvalue weighted by atomic mass is 9.78. The number of nitrogens with zero attached hydrogens (tertiary/aromatic N) is 2. The number of hydrogen-bond acceptors (Lipinski definition) is 1. The molecule has 1 aliphatic rings. The molecule has 0 atom stereocenters. The number of aryl methyl sites for hydroxylation is 1. The standard InChI is InChI=1S/C49H38N2/c1-31-18-21-36(49(2,3)4)30-48(31)50(37-12-6-5-7-13-37)38-22-19-32-26-42-43-27-33-20-23-39(25-35(33)29-45(43)44(42)28-34(32)24-38)51-46-16-10-8-14-40(46)41-15-9-11-17-47(41)51/h5-30H,1-4H3/i8D,9D,10D,11D,14D,15D,16D,17D. The average molecular weight is 663 g/mol. The molecule has 8 aromatic carbocycles. The van der Waals surface area contributed by atoms with Crippen molar-refractivity contribution < 1.29 is 11.0 Å². The fourth-order valence-electron chi connectivity index (χ4n) is 7.68. The third-order valence-electron chi connectivity index (χ3n) is 10.4. The highest BCUT2D eigenvalue weighted by molar-refractivity contribution is 6.13. The molecule has 1 aromatic heterocycles. The molecule has 2 nitrogen and oxygen atoms in total. The van der Waals surface area contributed by atoms with Gasteiger partial charge in [0.25, 0.3) is 0 Å². The predicted molar refractivity (Wildman–Crippen MR) is 218 cm³/mol. The second kappa shape index (κ2) is 10.9. The lowest BCUT2D eigenvalue weighted by molar-refractivity contribution is 0.590. The molecule has 1 aliphatic carbocycles. The topological polar surface area (TPSA) is 8.17 Å². The zero-order valence-electron chi connectivity index (χ0n) is 36.8. The largest absolute Gasteiger partial charge is 0.310 e. The number of rotatable bonds is 4. The van der Waals surface area contributed by atoms with Crippen molar-refractivity contribution in [2.45, 2.75) is 33.1 Å². The van der Waals surface area contributed by atoms with Gasteiger partial charge in [-0.2, -0.15) is 0 Å². The summed E-state index contributed by atoms with van der Waals surface area (Å²) in [7, 11) is 0. The lowest BCUT2D eigenvalue weighted by Crippen LogP contribution is -2.15. The maximum Gasteiger partial charge on any atom is 0.0645 e. The third-order valence-corrected chi connectivity index (χ3v) is 10.4. The van der Waals surface area contributed by atoms with E-state index in [1.54, 1.807) is 4.57 Å². The molecule has 0 N–H and O–H groups in total. The second-order valence-corrected chi connectivity index (χ2v) is 14.6. The summed E-state index contributed by atoms with van der Waals surface area (Å²) in [6.45, 7) is 8.87. The van der Waals surface area contributed by atoms with Crippen LogP contribution in [0.4, 0.5) is 17.1 Å². The molecular formula is C49H38N2. The van der Waals surface area contributed by atoms with Crippen LogP contribution in [0.5, 0.6) is 0 Å². The molecule has 0 saturated carbocycles. The van der Waals surface area contributed by atoms with E-state index in [1.165, 1.54) is 16.7 Å². The van der Waals surface area contributed by atoms with E-state index in [0.29, 0.717) is 5.69 Å². The summed E-state index contributed by atoms with van der Waals surface area (Å²) in [6, 6.07) is 35.3. The van der Waals surface area contributed by atoms with E-state index in [2.05, 4.69) is 118 Å². The molecule has 0 fully saturated rings. The highest BCUT2D eigenvalue weighted by atomic mass is 15.1. The number of anilines is 3. The Balaban J connectivity index is 1.13. The Kier molecular flexibility index (Phi) is 4.84. The zero-order valence-corrected chi connectivity index (χ0v) is 28.8. The molecule has 0 bridgehead atoms. The summed E-state index contributed by atoms with van der Waals surface area (Å²) in [4.78, 5) is 2.34. The van der Waals surface area contributed by atoms with Gasteiger partial charge in [-0.3, -0.25) is 0 Å². The van der Waals surface area contributed by atoms with Crippen molar-refractivity contribution in [1.29, 1.82) is 0 Å². The first-order valence-corrected chi connectivity index (χ1v) is 17.3. The molecule has 0 saturated heterocycles. The van der Waals surface area contributed by atoms with Crippen LogP contribution >= 0.6 is 0 Å². The van der Waals surface area contributed by atoms with E-state index in [-0.39, 0.29) is 51.4 Å². The Bertz CT molecular complexity index is 3230. The quantitative estimate of drug-likeness (QED) is 0.182. The molecule has 244 valence electrons. The molecule has 0 aliphatic heterocycles. The van der Waals surface area contributed by atoms with Gasteiger partial charge in [-0.25, -0.2) is 0 Å². The Labute approximate surface area is 310 Å². The van der Waals surface area contributed by atoms with Crippen molar-refractivity contribution in [2.75, 3.05) is 4.90 Å². The Morgan fingerprint density at radius 3 is 1.73 bits per heavy atom. The molecule has 0 amide bonds. The van der Waals surface area contributed by atoms with Crippen LogP contribution in [0.1, 0.15) is 42.9 Å². The summed E-state index contributed by atoms with van der Waals surface area (Å²) in [5.41, 5.74) is 11.0. The summed E-state index contributed by atoms with van der Waals surface area (Å²) >= 11 is 0. The van der Waals surface area contributed by atoms with Crippen LogP contribution in [-0.2, 0) is 5.41 Å². The minimum absolute atomic E-state index is 0.0140. The maximum absolute atomic E-state index is 8.93. The van der Waals surface area contributed by atoms with Gasteiger partial charge in [0.2, 0.25) is 0 Å². The summed E-state index contributed by atoms with van der Waals surface area (Å²) in [6.07, 6.45) is 0. The predicted octanol–water partition coefficient (Wildman–Crippen LogP) is 13.8. The highest BCUT2D eigenvalue weighted by Gasteiger charge is 2.25. The average Bonchev–Trinajstić information content (AvgIpc) is 3.59. The van der Waals surface area contributed by atoms with Crippen molar-refractivity contribution in [3.8, 4) is 27.9 Å². The first kappa shape index (κ1) is 22.6. The first-order chi connectivity index (χ1) is 28.1. The van der Waals surface area contributed by atoms with Crippen LogP contribution < -0.4 is 4.90 Å². The molecule has 9 aromatic rings. The molecule has 10 rings (SSSR count). The molecule has 0 spiro atoms. The monoisotopic (exact) mass is 662 g/mol. The van der Waals surface area contributed by atoms with Crippen LogP contribution in [0.3, 0.4) is 0 Å². The van der Waals surface area contributed by atoms with E-state index in [1.807, 2.05) is 24.3 Å². The van der Waals surface area contributed by atoms with Crippen LogP contribution in [0, 0.1) is 6.92 Å². The van der Waals surface area contributed by atoms with E-state index < -0.39 is 24.2 Å². The summed E-state index contributed by atoms with van der Waals surface area (Å²) in [5.74, 6) is 0. The second-order valence-electron chi connectivity index (χ2n) is 14.6. The minimum Gasteiger partial charge on any atom is -0.310 e. The van der Waals surface area contributed by atoms with Crippen molar-refractivity contribution >= 4 is 60.4 Å². The van der Waals surface area contributed by atoms with E-state index >= 15 is 0 Å². The van der Waals surface area contributed by atoms with E-state index in [4.69, 9.17) is 11.0 Å². The minimum atomic E-state index is -0.456. The first-order valence-electron chi connectivity index (χ1n) is 21.3. The van der Waals surface area contributed by atoms with Crippen molar-refractivity contribution in [3.05, 3.63) is 169 Å². The van der Waals surface area contributed by atoms with Gasteiger partial charge in [0.15, 0.2) is 0 Å². The Hall–Kier alpha value is -6.12. The van der Waals surface area contributed by atoms with Gasteiger partial charge in [-0.05, 0) is 146 Å². The van der Waals surface area contributed by atoms with Gasteiger partial charge in [0, 0.05) is 33.5 Å². The fourth-order valence-corrected chi connectivity index (χ4v) is 7.68. The van der Waals surface area contributed by atoms with Crippen LogP contribution in [0.15, 0.2) is 158 Å². The zero-order chi connectivity index (χ0) is 41.4. The van der Waals surface area contributed by atoms with Crippen molar-refractivity contribution in [1.82, 2.24) is 4.57 Å². The van der Waals surface area contributed by atoms with E-state index in [9.17, 15) is 0 Å². The Morgan fingerprint density at radius 1 is 0.529 bits per heavy atom. The maximum atomic E-state index is 8.93. The van der Waals surface area contributed by atoms with Gasteiger partial charge in [0.1, 0.15) is 0 Å². The van der Waals surface area contributed by atoms with Gasteiger partial charge in [0.05, 0.1) is 22.0 Å². The van der Waals surface area contributed by atoms with Gasteiger partial charge < -0.3 is 9.47 Å². The molecule has 1 heterocycles. The van der Waals surface area contributed by atoms with Crippen LogP contribution in [0.25, 0.3) is 71.3 Å². The van der Waals surface area contributed by atoms with Gasteiger partial charge in [-0.15, -0.1) is 0 Å².